The van der Waals surface area contributed by atoms with Gasteiger partial charge in [0.1, 0.15) is 13.2 Å². The van der Waals surface area contributed by atoms with Crippen molar-refractivity contribution in [3.05, 3.63) is 52.0 Å². The number of benzene rings is 2. The van der Waals surface area contributed by atoms with Crippen molar-refractivity contribution in [2.75, 3.05) is 25.1 Å². The number of anilines is 1. The Morgan fingerprint density at radius 3 is 2.58 bits per heavy atom. The second kappa shape index (κ2) is 7.66. The van der Waals surface area contributed by atoms with E-state index in [4.69, 9.17) is 25.8 Å². The first kappa shape index (κ1) is 18.1. The zero-order chi connectivity index (χ0) is 18.7. The number of aryl methyl sites for hydroxylation is 2. The standard InChI is InChI=1S/C19H18ClNO5/c1-11-7-12(2)18(14(20)8-11)21-17(22)10-26-19(23)13-3-4-15-16(9-13)25-6-5-24-15/h3-4,7-9H,5-6,10H2,1-2H3,(H,21,22). The van der Waals surface area contributed by atoms with Gasteiger partial charge in [-0.15, -0.1) is 0 Å². The molecule has 2 aromatic rings. The molecule has 0 radical (unpaired) electrons. The molecule has 1 amide bonds. The molecule has 0 aromatic heterocycles. The van der Waals surface area contributed by atoms with Crippen molar-refractivity contribution in [3.8, 4) is 11.5 Å². The monoisotopic (exact) mass is 375 g/mol. The molecule has 0 unspecified atom stereocenters. The topological polar surface area (TPSA) is 73.9 Å². The number of carbonyl (C=O) groups excluding carboxylic acids is 2. The third kappa shape index (κ3) is 4.08. The number of nitrogens with one attached hydrogen (secondary N) is 1. The normalized spacial score (nSPS) is 12.4. The Bertz CT molecular complexity index is 842. The summed E-state index contributed by atoms with van der Waals surface area (Å²) in [5.74, 6) is -0.0270. The lowest BCUT2D eigenvalue weighted by Crippen LogP contribution is -2.22. The molecule has 2 aromatic carbocycles. The number of hydrogen-bond donors (Lipinski definition) is 1. The molecule has 1 aliphatic rings. The quantitative estimate of drug-likeness (QED) is 0.827. The van der Waals surface area contributed by atoms with Gasteiger partial charge < -0.3 is 19.5 Å². The van der Waals surface area contributed by atoms with Crippen LogP contribution in [0, 0.1) is 13.8 Å². The largest absolute Gasteiger partial charge is 0.486 e. The molecule has 0 saturated carbocycles. The maximum Gasteiger partial charge on any atom is 0.338 e. The van der Waals surface area contributed by atoms with Crippen molar-refractivity contribution in [2.24, 2.45) is 0 Å². The Labute approximate surface area is 156 Å². The molecular formula is C19H18ClNO5. The van der Waals surface area contributed by atoms with Crippen molar-refractivity contribution in [2.45, 2.75) is 13.8 Å². The van der Waals surface area contributed by atoms with Gasteiger partial charge in [-0.3, -0.25) is 4.79 Å². The van der Waals surface area contributed by atoms with E-state index >= 15 is 0 Å². The van der Waals surface area contributed by atoms with E-state index in [1.807, 2.05) is 19.9 Å². The van der Waals surface area contributed by atoms with E-state index < -0.39 is 18.5 Å². The van der Waals surface area contributed by atoms with Crippen molar-refractivity contribution in [1.29, 1.82) is 0 Å². The van der Waals surface area contributed by atoms with Crippen LogP contribution >= 0.6 is 11.6 Å². The number of rotatable bonds is 4. The van der Waals surface area contributed by atoms with Crippen LogP contribution < -0.4 is 14.8 Å². The smallest absolute Gasteiger partial charge is 0.338 e. The summed E-state index contributed by atoms with van der Waals surface area (Å²) in [6.45, 7) is 4.23. The van der Waals surface area contributed by atoms with Crippen LogP contribution in [-0.4, -0.2) is 31.7 Å². The van der Waals surface area contributed by atoms with Gasteiger partial charge in [0.15, 0.2) is 18.1 Å². The van der Waals surface area contributed by atoms with Gasteiger partial charge in [-0.05, 0) is 49.2 Å². The third-order valence-electron chi connectivity index (χ3n) is 3.81. The Hall–Kier alpha value is -2.73. The zero-order valence-electron chi connectivity index (χ0n) is 14.4. The maximum atomic E-state index is 12.1. The van der Waals surface area contributed by atoms with Crippen LogP contribution in [-0.2, 0) is 9.53 Å². The zero-order valence-corrected chi connectivity index (χ0v) is 15.2. The molecule has 1 N–H and O–H groups in total. The van der Waals surface area contributed by atoms with E-state index in [0.717, 1.165) is 11.1 Å². The molecule has 1 aliphatic heterocycles. The average molecular weight is 376 g/mol. The first-order valence-corrected chi connectivity index (χ1v) is 8.45. The molecule has 0 saturated heterocycles. The van der Waals surface area contributed by atoms with Gasteiger partial charge in [-0.1, -0.05) is 17.7 Å². The van der Waals surface area contributed by atoms with Crippen molar-refractivity contribution < 1.29 is 23.8 Å². The van der Waals surface area contributed by atoms with Crippen LogP contribution in [0.1, 0.15) is 21.5 Å². The Kier molecular flexibility index (Phi) is 5.32. The van der Waals surface area contributed by atoms with Gasteiger partial charge in [-0.2, -0.15) is 0 Å². The van der Waals surface area contributed by atoms with Crippen LogP contribution in [0.2, 0.25) is 5.02 Å². The lowest BCUT2D eigenvalue weighted by molar-refractivity contribution is -0.119. The number of carbonyl (C=O) groups is 2. The van der Waals surface area contributed by atoms with Crippen LogP contribution in [0.25, 0.3) is 0 Å². The fourth-order valence-corrected chi connectivity index (χ4v) is 3.00. The molecule has 3 rings (SSSR count). The highest BCUT2D eigenvalue weighted by Crippen LogP contribution is 2.31. The van der Waals surface area contributed by atoms with Crippen LogP contribution in [0.3, 0.4) is 0 Å². The van der Waals surface area contributed by atoms with E-state index in [2.05, 4.69) is 5.32 Å². The minimum Gasteiger partial charge on any atom is -0.486 e. The van der Waals surface area contributed by atoms with Gasteiger partial charge in [-0.25, -0.2) is 4.79 Å². The second-order valence-electron chi connectivity index (χ2n) is 5.92. The molecule has 0 fully saturated rings. The van der Waals surface area contributed by atoms with E-state index in [-0.39, 0.29) is 5.56 Å². The summed E-state index contributed by atoms with van der Waals surface area (Å²) in [4.78, 5) is 24.2. The maximum absolute atomic E-state index is 12.1. The lowest BCUT2D eigenvalue weighted by atomic mass is 10.1. The first-order valence-electron chi connectivity index (χ1n) is 8.07. The number of esters is 1. The van der Waals surface area contributed by atoms with Gasteiger partial charge in [0.05, 0.1) is 16.3 Å². The second-order valence-corrected chi connectivity index (χ2v) is 6.33. The fourth-order valence-electron chi connectivity index (χ4n) is 2.63. The van der Waals surface area contributed by atoms with E-state index in [1.165, 1.54) is 6.07 Å². The summed E-state index contributed by atoms with van der Waals surface area (Å²) in [5.41, 5.74) is 2.63. The lowest BCUT2D eigenvalue weighted by Gasteiger charge is -2.18. The third-order valence-corrected chi connectivity index (χ3v) is 4.11. The van der Waals surface area contributed by atoms with Crippen LogP contribution in [0.15, 0.2) is 30.3 Å². The number of ether oxygens (including phenoxy) is 3. The molecule has 26 heavy (non-hydrogen) atoms. The highest BCUT2D eigenvalue weighted by molar-refractivity contribution is 6.34. The van der Waals surface area contributed by atoms with Gasteiger partial charge >= 0.3 is 5.97 Å². The summed E-state index contributed by atoms with van der Waals surface area (Å²) in [7, 11) is 0. The molecule has 6 nitrogen and oxygen atoms in total. The Morgan fingerprint density at radius 1 is 1.12 bits per heavy atom. The van der Waals surface area contributed by atoms with E-state index in [0.29, 0.717) is 35.4 Å². The van der Waals surface area contributed by atoms with Gasteiger partial charge in [0, 0.05) is 0 Å². The molecule has 1 heterocycles. The predicted molar refractivity (Wildman–Crippen MR) is 97.3 cm³/mol. The predicted octanol–water partition coefficient (Wildman–Crippen LogP) is 3.52. The number of amides is 1. The van der Waals surface area contributed by atoms with Crippen molar-refractivity contribution in [3.63, 3.8) is 0 Å². The minimum atomic E-state index is -0.621. The number of halogens is 1. The molecule has 0 atom stereocenters. The fraction of sp³-hybridized carbons (Fsp3) is 0.263. The van der Waals surface area contributed by atoms with E-state index in [1.54, 1.807) is 18.2 Å². The first-order chi connectivity index (χ1) is 12.4. The SMILES string of the molecule is Cc1cc(C)c(NC(=O)COC(=O)c2ccc3c(c2)OCCO3)c(Cl)c1. The Balaban J connectivity index is 1.60. The minimum absolute atomic E-state index is 0.284. The Morgan fingerprint density at radius 2 is 1.85 bits per heavy atom. The molecule has 136 valence electrons. The summed E-state index contributed by atoms with van der Waals surface area (Å²) < 4.78 is 15.9. The van der Waals surface area contributed by atoms with Gasteiger partial charge in [0.2, 0.25) is 0 Å². The van der Waals surface area contributed by atoms with E-state index in [9.17, 15) is 9.59 Å². The molecule has 7 heteroatoms. The number of hydrogen-bond acceptors (Lipinski definition) is 5. The van der Waals surface area contributed by atoms with Crippen molar-refractivity contribution >= 4 is 29.2 Å². The molecule has 0 spiro atoms. The highest BCUT2D eigenvalue weighted by atomic mass is 35.5. The summed E-state index contributed by atoms with van der Waals surface area (Å²) >= 11 is 6.16. The number of fused-ring (bicyclic) bond motifs is 1. The highest BCUT2D eigenvalue weighted by Gasteiger charge is 2.17. The average Bonchev–Trinajstić information content (AvgIpc) is 2.62. The van der Waals surface area contributed by atoms with Crippen LogP contribution in [0.4, 0.5) is 5.69 Å². The van der Waals surface area contributed by atoms with Crippen molar-refractivity contribution in [1.82, 2.24) is 0 Å². The molecule has 0 aliphatic carbocycles. The van der Waals surface area contributed by atoms with Crippen LogP contribution in [0.5, 0.6) is 11.5 Å². The molecular weight excluding hydrogens is 358 g/mol. The summed E-state index contributed by atoms with van der Waals surface area (Å²) in [6, 6.07) is 8.40. The summed E-state index contributed by atoms with van der Waals surface area (Å²) in [5, 5.41) is 3.11. The summed E-state index contributed by atoms with van der Waals surface area (Å²) in [6.07, 6.45) is 0. The van der Waals surface area contributed by atoms with Gasteiger partial charge in [0.25, 0.3) is 5.91 Å². The molecule has 0 bridgehead atoms.